The highest BCUT2D eigenvalue weighted by Crippen LogP contribution is 2.37. The predicted octanol–water partition coefficient (Wildman–Crippen LogP) is 5.13. The molecule has 2 aromatic carbocycles. The van der Waals surface area contributed by atoms with Crippen LogP contribution in [0.25, 0.3) is 0 Å². The van der Waals surface area contributed by atoms with Crippen LogP contribution in [0.3, 0.4) is 0 Å². The molecule has 0 spiro atoms. The first-order valence-electron chi connectivity index (χ1n) is 9.91. The van der Waals surface area contributed by atoms with Crippen molar-refractivity contribution in [2.75, 3.05) is 11.9 Å². The molecule has 2 N–H and O–H groups in total. The molecule has 0 aliphatic carbocycles. The standard InChI is InChI=1S/C22H23BrF3N3O4/c1-4-32-18-9-14(8-17(23)21(18)33-13(2)3)12-27-29-20(31)11-19(30)28-16-7-5-6-15(10-16)22(24,25)26/h5-10,12-13H,4,11H2,1-3H3,(H,28,30)(H,29,31). The van der Waals surface area contributed by atoms with Crippen molar-refractivity contribution in [2.24, 2.45) is 5.10 Å². The number of nitrogens with zero attached hydrogens (tertiary/aromatic N) is 1. The summed E-state index contributed by atoms with van der Waals surface area (Å²) in [4.78, 5) is 23.9. The quantitative estimate of drug-likeness (QED) is 0.267. The lowest BCUT2D eigenvalue weighted by Crippen LogP contribution is -2.24. The van der Waals surface area contributed by atoms with Gasteiger partial charge in [-0.15, -0.1) is 0 Å². The maximum Gasteiger partial charge on any atom is 0.416 e. The van der Waals surface area contributed by atoms with E-state index in [1.54, 1.807) is 12.1 Å². The first-order chi connectivity index (χ1) is 15.5. The van der Waals surface area contributed by atoms with Crippen molar-refractivity contribution < 1.29 is 32.2 Å². The Hall–Kier alpha value is -3.08. The Morgan fingerprint density at radius 1 is 1.18 bits per heavy atom. The van der Waals surface area contributed by atoms with Crippen LogP contribution < -0.4 is 20.2 Å². The number of ether oxygens (including phenoxy) is 2. The van der Waals surface area contributed by atoms with Crippen LogP contribution in [-0.2, 0) is 15.8 Å². The van der Waals surface area contributed by atoms with Crippen molar-refractivity contribution in [3.63, 3.8) is 0 Å². The smallest absolute Gasteiger partial charge is 0.416 e. The lowest BCUT2D eigenvalue weighted by atomic mass is 10.2. The van der Waals surface area contributed by atoms with Gasteiger partial charge < -0.3 is 14.8 Å². The molecule has 2 aromatic rings. The molecular weight excluding hydrogens is 507 g/mol. The molecule has 2 rings (SSSR count). The van der Waals surface area contributed by atoms with Gasteiger partial charge in [0.05, 0.1) is 29.0 Å². The summed E-state index contributed by atoms with van der Waals surface area (Å²) in [7, 11) is 0. The fraction of sp³-hybridized carbons (Fsp3) is 0.318. The van der Waals surface area contributed by atoms with Crippen molar-refractivity contribution in [1.82, 2.24) is 5.43 Å². The summed E-state index contributed by atoms with van der Waals surface area (Å²) in [6.07, 6.45) is -3.87. The largest absolute Gasteiger partial charge is 0.490 e. The van der Waals surface area contributed by atoms with Gasteiger partial charge in [0.2, 0.25) is 11.8 Å². The van der Waals surface area contributed by atoms with Crippen molar-refractivity contribution in [3.05, 3.63) is 52.0 Å². The molecule has 178 valence electrons. The van der Waals surface area contributed by atoms with E-state index >= 15 is 0 Å². The van der Waals surface area contributed by atoms with Gasteiger partial charge in [-0.2, -0.15) is 18.3 Å². The summed E-state index contributed by atoms with van der Waals surface area (Å²) in [6, 6.07) is 7.53. The molecule has 7 nitrogen and oxygen atoms in total. The minimum absolute atomic E-state index is 0.0665. The van der Waals surface area contributed by atoms with Gasteiger partial charge in [-0.05, 0) is 72.6 Å². The monoisotopic (exact) mass is 529 g/mol. The number of nitrogens with one attached hydrogen (secondary N) is 2. The van der Waals surface area contributed by atoms with Gasteiger partial charge in [-0.3, -0.25) is 9.59 Å². The zero-order valence-corrected chi connectivity index (χ0v) is 19.7. The van der Waals surface area contributed by atoms with Gasteiger partial charge in [-0.1, -0.05) is 6.07 Å². The molecule has 0 saturated heterocycles. The normalized spacial score (nSPS) is 11.5. The molecule has 0 aliphatic rings. The second kappa shape index (κ2) is 11.7. The molecule has 2 amide bonds. The van der Waals surface area contributed by atoms with Gasteiger partial charge in [0.1, 0.15) is 6.42 Å². The zero-order valence-electron chi connectivity index (χ0n) is 18.1. The molecule has 33 heavy (non-hydrogen) atoms. The summed E-state index contributed by atoms with van der Waals surface area (Å²) in [5.41, 5.74) is 1.82. The third-order valence-corrected chi connectivity index (χ3v) is 4.47. The number of hydrogen-bond donors (Lipinski definition) is 2. The zero-order chi connectivity index (χ0) is 24.6. The van der Waals surface area contributed by atoms with Crippen LogP contribution in [-0.4, -0.2) is 30.7 Å². The number of benzene rings is 2. The molecule has 0 bridgehead atoms. The topological polar surface area (TPSA) is 89.0 Å². The Morgan fingerprint density at radius 2 is 1.91 bits per heavy atom. The van der Waals surface area contributed by atoms with Gasteiger partial charge in [-0.25, -0.2) is 5.43 Å². The highest BCUT2D eigenvalue weighted by atomic mass is 79.9. The van der Waals surface area contributed by atoms with Crippen molar-refractivity contribution in [3.8, 4) is 11.5 Å². The number of amides is 2. The lowest BCUT2D eigenvalue weighted by Gasteiger charge is -2.16. The number of carbonyl (C=O) groups excluding carboxylic acids is 2. The Balaban J connectivity index is 1.97. The van der Waals surface area contributed by atoms with Crippen LogP contribution >= 0.6 is 15.9 Å². The van der Waals surface area contributed by atoms with E-state index in [-0.39, 0.29) is 11.8 Å². The van der Waals surface area contributed by atoms with Gasteiger partial charge in [0, 0.05) is 5.69 Å². The Kier molecular flexibility index (Phi) is 9.27. The number of carbonyl (C=O) groups is 2. The molecule has 0 unspecified atom stereocenters. The molecule has 0 aliphatic heterocycles. The van der Waals surface area contributed by atoms with Crippen LogP contribution in [0.5, 0.6) is 11.5 Å². The minimum atomic E-state index is -4.54. The Morgan fingerprint density at radius 3 is 2.55 bits per heavy atom. The summed E-state index contributed by atoms with van der Waals surface area (Å²) in [6.45, 7) is 6.02. The van der Waals surface area contributed by atoms with Crippen LogP contribution in [0, 0.1) is 0 Å². The molecule has 0 atom stereocenters. The van der Waals surface area contributed by atoms with E-state index in [2.05, 4.69) is 31.8 Å². The molecule has 0 fully saturated rings. The fourth-order valence-electron chi connectivity index (χ4n) is 2.62. The third kappa shape index (κ3) is 8.41. The van der Waals surface area contributed by atoms with Crippen molar-refractivity contribution >= 4 is 39.6 Å². The maximum absolute atomic E-state index is 12.8. The van der Waals surface area contributed by atoms with Crippen molar-refractivity contribution in [1.29, 1.82) is 0 Å². The van der Waals surface area contributed by atoms with E-state index in [0.29, 0.717) is 28.1 Å². The number of hydrogen-bond acceptors (Lipinski definition) is 5. The number of rotatable bonds is 9. The van der Waals surface area contributed by atoms with Crippen LogP contribution in [0.15, 0.2) is 46.0 Å². The third-order valence-electron chi connectivity index (χ3n) is 3.88. The van der Waals surface area contributed by atoms with E-state index < -0.39 is 30.0 Å². The Labute approximate surface area is 197 Å². The molecular formula is C22H23BrF3N3O4. The van der Waals surface area contributed by atoms with E-state index in [9.17, 15) is 22.8 Å². The molecule has 0 radical (unpaired) electrons. The van der Waals surface area contributed by atoms with Crippen LogP contribution in [0.4, 0.5) is 18.9 Å². The second-order valence-corrected chi connectivity index (χ2v) is 7.88. The van der Waals surface area contributed by atoms with E-state index in [4.69, 9.17) is 9.47 Å². The Bertz CT molecular complexity index is 1030. The lowest BCUT2D eigenvalue weighted by molar-refractivity contribution is -0.137. The number of alkyl halides is 3. The number of hydrazone groups is 1. The average molecular weight is 530 g/mol. The van der Waals surface area contributed by atoms with Crippen molar-refractivity contribution in [2.45, 2.75) is 39.5 Å². The fourth-order valence-corrected chi connectivity index (χ4v) is 3.17. The van der Waals surface area contributed by atoms with Gasteiger partial charge in [0.15, 0.2) is 11.5 Å². The van der Waals surface area contributed by atoms with Crippen LogP contribution in [0.1, 0.15) is 38.3 Å². The predicted molar refractivity (Wildman–Crippen MR) is 122 cm³/mol. The number of anilines is 1. The van der Waals surface area contributed by atoms with Crippen LogP contribution in [0.2, 0.25) is 0 Å². The second-order valence-electron chi connectivity index (χ2n) is 7.03. The highest BCUT2D eigenvalue weighted by molar-refractivity contribution is 9.10. The van der Waals surface area contributed by atoms with E-state index in [1.807, 2.05) is 20.8 Å². The first-order valence-corrected chi connectivity index (χ1v) is 10.7. The molecule has 11 heteroatoms. The van der Waals surface area contributed by atoms with E-state index in [0.717, 1.165) is 18.2 Å². The summed E-state index contributed by atoms with van der Waals surface area (Å²) >= 11 is 3.42. The minimum Gasteiger partial charge on any atom is -0.490 e. The maximum atomic E-state index is 12.8. The molecule has 0 saturated carbocycles. The van der Waals surface area contributed by atoms with Gasteiger partial charge >= 0.3 is 6.18 Å². The summed E-state index contributed by atoms with van der Waals surface area (Å²) in [5.74, 6) is -0.480. The average Bonchev–Trinajstić information content (AvgIpc) is 2.70. The first kappa shape index (κ1) is 26.2. The molecule has 0 aromatic heterocycles. The highest BCUT2D eigenvalue weighted by Gasteiger charge is 2.30. The molecule has 0 heterocycles. The van der Waals surface area contributed by atoms with Gasteiger partial charge in [0.25, 0.3) is 0 Å². The SMILES string of the molecule is CCOc1cc(C=NNC(=O)CC(=O)Nc2cccc(C(F)(F)F)c2)cc(Br)c1OC(C)C. The summed E-state index contributed by atoms with van der Waals surface area (Å²) in [5, 5.41) is 6.07. The number of halogens is 4. The van der Waals surface area contributed by atoms with E-state index in [1.165, 1.54) is 12.3 Å². The summed E-state index contributed by atoms with van der Waals surface area (Å²) < 4.78 is 50.2.